The van der Waals surface area contributed by atoms with Crippen molar-refractivity contribution in [2.75, 3.05) is 33.2 Å². The Morgan fingerprint density at radius 2 is 2.12 bits per heavy atom. The lowest BCUT2D eigenvalue weighted by atomic mass is 10.0. The molecule has 0 aliphatic carbocycles. The highest BCUT2D eigenvalue weighted by molar-refractivity contribution is 14.0. The van der Waals surface area contributed by atoms with Crippen molar-refractivity contribution in [3.63, 3.8) is 0 Å². The number of rotatable bonds is 7. The van der Waals surface area contributed by atoms with Gasteiger partial charge in [-0.2, -0.15) is 0 Å². The topological polar surface area (TPSA) is 52.6 Å². The van der Waals surface area contributed by atoms with Crippen molar-refractivity contribution in [2.45, 2.75) is 53.0 Å². The second-order valence-electron chi connectivity index (χ2n) is 6.86. The van der Waals surface area contributed by atoms with E-state index in [1.807, 2.05) is 7.05 Å². The molecule has 1 aliphatic rings. The fourth-order valence-corrected chi connectivity index (χ4v) is 4.03. The smallest absolute Gasteiger partial charge is 0.191 e. The highest BCUT2D eigenvalue weighted by Crippen LogP contribution is 2.16. The Labute approximate surface area is 174 Å². The molecule has 1 unspecified atom stereocenters. The molecule has 2 heterocycles. The van der Waals surface area contributed by atoms with Gasteiger partial charge < -0.3 is 15.5 Å². The Hall–Kier alpha value is -0.410. The van der Waals surface area contributed by atoms with E-state index in [0.29, 0.717) is 0 Å². The third-order valence-electron chi connectivity index (χ3n) is 4.64. The first-order chi connectivity index (χ1) is 11.6. The highest BCUT2D eigenvalue weighted by atomic mass is 127. The van der Waals surface area contributed by atoms with Crippen LogP contribution in [0.15, 0.2) is 4.99 Å². The van der Waals surface area contributed by atoms with Crippen molar-refractivity contribution >= 4 is 41.3 Å². The van der Waals surface area contributed by atoms with E-state index >= 15 is 0 Å². The number of halogens is 1. The van der Waals surface area contributed by atoms with Crippen LogP contribution in [-0.4, -0.2) is 49.1 Å². The Morgan fingerprint density at radius 3 is 2.76 bits per heavy atom. The maximum Gasteiger partial charge on any atom is 0.191 e. The fraction of sp³-hybridized carbons (Fsp3) is 0.778. The number of aliphatic imine (C=N–C) groups is 1. The van der Waals surface area contributed by atoms with Crippen molar-refractivity contribution in [1.82, 2.24) is 20.5 Å². The van der Waals surface area contributed by atoms with Gasteiger partial charge in [0.1, 0.15) is 5.01 Å². The molecule has 1 aromatic heterocycles. The molecule has 1 atom stereocenters. The first kappa shape index (κ1) is 22.6. The van der Waals surface area contributed by atoms with E-state index in [9.17, 15) is 0 Å². The number of aryl methyl sites for hydroxylation is 2. The molecule has 144 valence electrons. The summed E-state index contributed by atoms with van der Waals surface area (Å²) in [5.41, 5.74) is 1.13. The average molecular weight is 479 g/mol. The van der Waals surface area contributed by atoms with Gasteiger partial charge in [0.05, 0.1) is 12.2 Å². The van der Waals surface area contributed by atoms with E-state index in [2.05, 4.69) is 46.3 Å². The first-order valence-corrected chi connectivity index (χ1v) is 10.00. The van der Waals surface area contributed by atoms with Crippen LogP contribution in [0, 0.1) is 19.8 Å². The largest absolute Gasteiger partial charge is 0.356 e. The molecular formula is C18H34IN5S. The summed E-state index contributed by atoms with van der Waals surface area (Å²) in [4.78, 5) is 12.8. The molecule has 2 N–H and O–H groups in total. The van der Waals surface area contributed by atoms with Crippen molar-refractivity contribution in [2.24, 2.45) is 10.9 Å². The van der Waals surface area contributed by atoms with Gasteiger partial charge in [0, 0.05) is 25.0 Å². The number of hydrogen-bond donors (Lipinski definition) is 2. The molecule has 2 rings (SSSR count). The molecule has 7 heteroatoms. The number of unbranched alkanes of at least 4 members (excludes halogenated alkanes) is 1. The minimum absolute atomic E-state index is 0. The molecule has 1 aromatic rings. The van der Waals surface area contributed by atoms with Crippen LogP contribution in [0.2, 0.25) is 0 Å². The summed E-state index contributed by atoms with van der Waals surface area (Å²) in [6, 6.07) is 0. The zero-order valence-corrected chi connectivity index (χ0v) is 19.2. The molecule has 0 aromatic carbocycles. The maximum absolute atomic E-state index is 4.55. The zero-order valence-electron chi connectivity index (χ0n) is 16.1. The molecular weight excluding hydrogens is 445 g/mol. The average Bonchev–Trinajstić information content (AvgIpc) is 2.88. The Bertz CT molecular complexity index is 512. The van der Waals surface area contributed by atoms with Crippen molar-refractivity contribution in [3.05, 3.63) is 15.6 Å². The minimum atomic E-state index is 0. The summed E-state index contributed by atoms with van der Waals surface area (Å²) >= 11 is 1.75. The van der Waals surface area contributed by atoms with Gasteiger partial charge in [0.25, 0.3) is 0 Å². The van der Waals surface area contributed by atoms with E-state index in [-0.39, 0.29) is 24.0 Å². The van der Waals surface area contributed by atoms with Gasteiger partial charge in [-0.15, -0.1) is 35.3 Å². The van der Waals surface area contributed by atoms with Crippen LogP contribution in [0.5, 0.6) is 0 Å². The Balaban J connectivity index is 0.00000312. The van der Waals surface area contributed by atoms with Crippen LogP contribution in [-0.2, 0) is 6.54 Å². The molecule has 0 bridgehead atoms. The third kappa shape index (κ3) is 8.21. The summed E-state index contributed by atoms with van der Waals surface area (Å²) in [7, 11) is 1.82. The molecule has 25 heavy (non-hydrogen) atoms. The summed E-state index contributed by atoms with van der Waals surface area (Å²) in [5, 5.41) is 7.87. The first-order valence-electron chi connectivity index (χ1n) is 9.18. The van der Waals surface area contributed by atoms with Gasteiger partial charge in [-0.05, 0) is 58.5 Å². The number of nitrogens with one attached hydrogen (secondary N) is 2. The lowest BCUT2D eigenvalue weighted by Gasteiger charge is -2.30. The number of nitrogens with zero attached hydrogens (tertiary/aromatic N) is 3. The molecule has 0 spiro atoms. The van der Waals surface area contributed by atoms with E-state index in [0.717, 1.165) is 35.7 Å². The number of likely N-dealkylation sites (tertiary alicyclic amines) is 1. The van der Waals surface area contributed by atoms with E-state index in [1.165, 1.54) is 50.2 Å². The molecule has 5 nitrogen and oxygen atoms in total. The normalized spacial score (nSPS) is 18.7. The molecule has 0 saturated carbocycles. The summed E-state index contributed by atoms with van der Waals surface area (Å²) in [6.07, 6.45) is 5.20. The minimum Gasteiger partial charge on any atom is -0.356 e. The molecule has 0 radical (unpaired) electrons. The number of guanidine groups is 1. The van der Waals surface area contributed by atoms with Crippen LogP contribution >= 0.6 is 35.3 Å². The quantitative estimate of drug-likeness (QED) is 0.272. The van der Waals surface area contributed by atoms with Crippen molar-refractivity contribution < 1.29 is 0 Å². The summed E-state index contributed by atoms with van der Waals surface area (Å²) in [6.45, 7) is 12.1. The number of aromatic nitrogens is 1. The second kappa shape index (κ2) is 12.1. The lowest BCUT2D eigenvalue weighted by molar-refractivity contribution is 0.181. The maximum atomic E-state index is 4.55. The van der Waals surface area contributed by atoms with Gasteiger partial charge in [-0.1, -0.05) is 6.92 Å². The van der Waals surface area contributed by atoms with Crippen molar-refractivity contribution in [1.29, 1.82) is 0 Å². The van der Waals surface area contributed by atoms with Crippen LogP contribution in [0.3, 0.4) is 0 Å². The van der Waals surface area contributed by atoms with Crippen LogP contribution in [0.4, 0.5) is 0 Å². The summed E-state index contributed by atoms with van der Waals surface area (Å²) in [5.74, 6) is 1.74. The zero-order chi connectivity index (χ0) is 17.4. The standard InChI is InChI=1S/C18H33N5S.HI/c1-14-8-7-11-23(13-14)10-6-5-9-20-18(19-4)21-12-17-22-15(2)16(3)24-17;/h14H,5-13H2,1-4H3,(H2,19,20,21);1H. The van der Waals surface area contributed by atoms with Gasteiger partial charge in [-0.25, -0.2) is 4.98 Å². The predicted octanol–water partition coefficient (Wildman–Crippen LogP) is 3.56. The number of thiazole rings is 1. The van der Waals surface area contributed by atoms with Gasteiger partial charge in [-0.3, -0.25) is 4.99 Å². The van der Waals surface area contributed by atoms with Crippen LogP contribution in [0.25, 0.3) is 0 Å². The van der Waals surface area contributed by atoms with Gasteiger partial charge >= 0.3 is 0 Å². The van der Waals surface area contributed by atoms with E-state index in [1.54, 1.807) is 11.3 Å². The Morgan fingerprint density at radius 1 is 1.32 bits per heavy atom. The highest BCUT2D eigenvalue weighted by Gasteiger charge is 2.15. The number of piperidine rings is 1. The molecule has 1 saturated heterocycles. The van der Waals surface area contributed by atoms with Crippen LogP contribution < -0.4 is 10.6 Å². The number of hydrogen-bond acceptors (Lipinski definition) is 4. The second-order valence-corrected chi connectivity index (χ2v) is 8.14. The predicted molar refractivity (Wildman–Crippen MR) is 119 cm³/mol. The molecule has 1 fully saturated rings. The van der Waals surface area contributed by atoms with Crippen molar-refractivity contribution in [3.8, 4) is 0 Å². The van der Waals surface area contributed by atoms with Gasteiger partial charge in [0.15, 0.2) is 5.96 Å². The third-order valence-corrected chi connectivity index (χ3v) is 5.71. The molecule has 0 amide bonds. The molecule has 1 aliphatic heterocycles. The van der Waals surface area contributed by atoms with E-state index in [4.69, 9.17) is 0 Å². The SMILES string of the molecule is CN=C(NCCCCN1CCCC(C)C1)NCc1nc(C)c(C)s1.I. The van der Waals surface area contributed by atoms with Crippen LogP contribution in [0.1, 0.15) is 48.2 Å². The monoisotopic (exact) mass is 479 g/mol. The van der Waals surface area contributed by atoms with Gasteiger partial charge in [0.2, 0.25) is 0 Å². The summed E-state index contributed by atoms with van der Waals surface area (Å²) < 4.78 is 0. The van der Waals surface area contributed by atoms with E-state index < -0.39 is 0 Å². The Kier molecular flexibility index (Phi) is 10.9. The fourth-order valence-electron chi connectivity index (χ4n) is 3.15. The lowest BCUT2D eigenvalue weighted by Crippen LogP contribution is -2.38.